The van der Waals surface area contributed by atoms with Crippen molar-refractivity contribution in [3.8, 4) is 0 Å². The highest BCUT2D eigenvalue weighted by atomic mass is 16.3. The largest absolute Gasteiger partial charge is 0.391 e. The van der Waals surface area contributed by atoms with E-state index in [1.165, 1.54) is 5.56 Å². The van der Waals surface area contributed by atoms with Crippen LogP contribution < -0.4 is 10.6 Å². The normalized spacial score (nSPS) is 21.3. The molecule has 1 heterocycles. The first-order valence-corrected chi connectivity index (χ1v) is 10.3. The molecule has 154 valence electrons. The molecule has 3 N–H and O–H groups in total. The molecule has 2 aromatic rings. The number of nitrogens with one attached hydrogen (secondary N) is 2. The van der Waals surface area contributed by atoms with E-state index in [9.17, 15) is 14.7 Å². The fourth-order valence-corrected chi connectivity index (χ4v) is 3.76. The number of aromatic nitrogens is 1. The highest BCUT2D eigenvalue weighted by Gasteiger charge is 2.33. The first kappa shape index (κ1) is 21.0. The highest BCUT2D eigenvalue weighted by molar-refractivity contribution is 5.79. The molecule has 1 aromatic heterocycles. The van der Waals surface area contributed by atoms with Gasteiger partial charge in [0.05, 0.1) is 12.1 Å². The number of aliphatic hydroxyl groups is 1. The average molecular weight is 396 g/mol. The Morgan fingerprint density at radius 2 is 1.79 bits per heavy atom. The number of pyridine rings is 1. The molecule has 1 fully saturated rings. The molecule has 1 aliphatic carbocycles. The summed E-state index contributed by atoms with van der Waals surface area (Å²) in [4.78, 5) is 28.8. The van der Waals surface area contributed by atoms with Crippen molar-refractivity contribution in [2.75, 3.05) is 0 Å². The third-order valence-corrected chi connectivity index (χ3v) is 5.46. The monoisotopic (exact) mass is 395 g/mol. The maximum atomic E-state index is 12.5. The predicted octanol–water partition coefficient (Wildman–Crippen LogP) is 2.37. The van der Waals surface area contributed by atoms with Gasteiger partial charge in [0.15, 0.2) is 0 Å². The number of benzene rings is 1. The number of nitrogens with zero attached hydrogens (tertiary/aromatic N) is 1. The van der Waals surface area contributed by atoms with Crippen LogP contribution in [0.25, 0.3) is 0 Å². The first-order chi connectivity index (χ1) is 14.1. The zero-order valence-corrected chi connectivity index (χ0v) is 16.6. The number of carbonyl (C=O) groups is 2. The molecule has 0 aliphatic heterocycles. The zero-order chi connectivity index (χ0) is 20.5. The molecular weight excluding hydrogens is 366 g/mol. The standard InChI is InChI=1S/C23H29N3O3/c27-21-10-9-19(23(29)25-16-18-11-13-24-14-12-18)15-20(21)26-22(28)8-4-7-17-5-2-1-3-6-17/h1-3,5-6,11-14,19-21,27H,4,7-10,15-16H2,(H,25,29)(H,26,28)/t19-,20+,21+/m0/s1. The molecule has 0 radical (unpaired) electrons. The van der Waals surface area contributed by atoms with E-state index in [0.29, 0.717) is 32.2 Å². The van der Waals surface area contributed by atoms with Crippen molar-refractivity contribution in [1.29, 1.82) is 0 Å². The van der Waals surface area contributed by atoms with Gasteiger partial charge in [0.2, 0.25) is 11.8 Å². The summed E-state index contributed by atoms with van der Waals surface area (Å²) in [5.41, 5.74) is 2.20. The van der Waals surface area contributed by atoms with Crippen molar-refractivity contribution in [2.24, 2.45) is 5.92 Å². The summed E-state index contributed by atoms with van der Waals surface area (Å²) in [5.74, 6) is -0.297. The van der Waals surface area contributed by atoms with Crippen molar-refractivity contribution in [3.63, 3.8) is 0 Å². The molecule has 3 atom stereocenters. The van der Waals surface area contributed by atoms with Crippen LogP contribution in [0.15, 0.2) is 54.9 Å². The molecule has 1 aromatic carbocycles. The number of aryl methyl sites for hydroxylation is 1. The van der Waals surface area contributed by atoms with Gasteiger partial charge >= 0.3 is 0 Å². The Morgan fingerprint density at radius 1 is 1.03 bits per heavy atom. The Kier molecular flexibility index (Phi) is 7.76. The first-order valence-electron chi connectivity index (χ1n) is 10.3. The molecular formula is C23H29N3O3. The summed E-state index contributed by atoms with van der Waals surface area (Å²) < 4.78 is 0. The number of rotatable bonds is 8. The SMILES string of the molecule is O=C(CCCc1ccccc1)N[C@@H]1C[C@@H](C(=O)NCc2ccncc2)CC[C@H]1O. The van der Waals surface area contributed by atoms with Crippen LogP contribution in [-0.2, 0) is 22.6 Å². The predicted molar refractivity (Wildman–Crippen MR) is 111 cm³/mol. The van der Waals surface area contributed by atoms with Crippen molar-refractivity contribution in [3.05, 3.63) is 66.0 Å². The Bertz CT molecular complexity index is 782. The molecule has 0 bridgehead atoms. The molecule has 1 saturated carbocycles. The van der Waals surface area contributed by atoms with E-state index in [0.717, 1.165) is 18.4 Å². The van der Waals surface area contributed by atoms with E-state index >= 15 is 0 Å². The molecule has 3 rings (SSSR count). The second-order valence-corrected chi connectivity index (χ2v) is 7.66. The minimum atomic E-state index is -0.600. The minimum absolute atomic E-state index is 0.0305. The van der Waals surface area contributed by atoms with E-state index in [1.807, 2.05) is 30.3 Å². The smallest absolute Gasteiger partial charge is 0.223 e. The van der Waals surface area contributed by atoms with Crippen molar-refractivity contribution in [1.82, 2.24) is 15.6 Å². The van der Waals surface area contributed by atoms with Crippen molar-refractivity contribution >= 4 is 11.8 Å². The summed E-state index contributed by atoms with van der Waals surface area (Å²) in [6, 6.07) is 13.4. The van der Waals surface area contributed by atoms with E-state index in [1.54, 1.807) is 12.4 Å². The van der Waals surface area contributed by atoms with E-state index in [-0.39, 0.29) is 23.8 Å². The molecule has 0 unspecified atom stereocenters. The third-order valence-electron chi connectivity index (χ3n) is 5.46. The molecule has 6 nitrogen and oxygen atoms in total. The Hall–Kier alpha value is -2.73. The van der Waals surface area contributed by atoms with Crippen molar-refractivity contribution in [2.45, 2.75) is 57.2 Å². The van der Waals surface area contributed by atoms with Gasteiger partial charge in [-0.05, 0) is 55.4 Å². The van der Waals surface area contributed by atoms with E-state index in [4.69, 9.17) is 0 Å². The lowest BCUT2D eigenvalue weighted by Gasteiger charge is -2.33. The summed E-state index contributed by atoms with van der Waals surface area (Å²) in [6.07, 6.45) is 6.42. The topological polar surface area (TPSA) is 91.3 Å². The fraction of sp³-hybridized carbons (Fsp3) is 0.435. The number of hydrogen-bond donors (Lipinski definition) is 3. The molecule has 0 spiro atoms. The van der Waals surface area contributed by atoms with Crippen LogP contribution in [0.4, 0.5) is 0 Å². The third kappa shape index (κ3) is 6.68. The van der Waals surface area contributed by atoms with Gasteiger partial charge in [-0.15, -0.1) is 0 Å². The lowest BCUT2D eigenvalue weighted by atomic mass is 9.83. The van der Waals surface area contributed by atoms with E-state index in [2.05, 4.69) is 27.8 Å². The summed E-state index contributed by atoms with van der Waals surface area (Å²) in [7, 11) is 0. The average Bonchev–Trinajstić information content (AvgIpc) is 2.75. The lowest BCUT2D eigenvalue weighted by Crippen LogP contribution is -2.49. The summed E-state index contributed by atoms with van der Waals surface area (Å²) in [5, 5.41) is 16.2. The van der Waals surface area contributed by atoms with Crippen molar-refractivity contribution < 1.29 is 14.7 Å². The summed E-state index contributed by atoms with van der Waals surface area (Å²) in [6.45, 7) is 0.455. The van der Waals surface area contributed by atoms with Crippen LogP contribution in [0.5, 0.6) is 0 Å². The minimum Gasteiger partial charge on any atom is -0.391 e. The maximum absolute atomic E-state index is 12.5. The van der Waals surface area contributed by atoms with Gasteiger partial charge in [-0.3, -0.25) is 14.6 Å². The lowest BCUT2D eigenvalue weighted by molar-refractivity contribution is -0.129. The second kappa shape index (κ2) is 10.7. The zero-order valence-electron chi connectivity index (χ0n) is 16.6. The molecule has 1 aliphatic rings. The fourth-order valence-electron chi connectivity index (χ4n) is 3.76. The van der Waals surface area contributed by atoms with E-state index < -0.39 is 6.10 Å². The van der Waals surface area contributed by atoms with Gasteiger partial charge in [0.1, 0.15) is 0 Å². The summed E-state index contributed by atoms with van der Waals surface area (Å²) >= 11 is 0. The van der Waals surface area contributed by atoms with Gasteiger partial charge in [0.25, 0.3) is 0 Å². The van der Waals surface area contributed by atoms with Crippen LogP contribution in [0.2, 0.25) is 0 Å². The van der Waals surface area contributed by atoms with Gasteiger partial charge in [-0.25, -0.2) is 0 Å². The Balaban J connectivity index is 1.42. The molecule has 2 amide bonds. The number of amides is 2. The van der Waals surface area contributed by atoms with Gasteiger partial charge in [-0.2, -0.15) is 0 Å². The van der Waals surface area contributed by atoms with Crippen LogP contribution in [0, 0.1) is 5.92 Å². The van der Waals surface area contributed by atoms with Crippen LogP contribution in [-0.4, -0.2) is 34.1 Å². The molecule has 0 saturated heterocycles. The highest BCUT2D eigenvalue weighted by Crippen LogP contribution is 2.25. The Labute approximate surface area is 171 Å². The maximum Gasteiger partial charge on any atom is 0.223 e. The van der Waals surface area contributed by atoms with Crippen LogP contribution in [0.1, 0.15) is 43.2 Å². The van der Waals surface area contributed by atoms with Gasteiger partial charge in [0, 0.05) is 31.3 Å². The number of carbonyl (C=O) groups excluding carboxylic acids is 2. The molecule has 6 heteroatoms. The number of aliphatic hydroxyl groups excluding tert-OH is 1. The second-order valence-electron chi connectivity index (χ2n) is 7.66. The van der Waals surface area contributed by atoms with Crippen LogP contribution >= 0.6 is 0 Å². The number of hydrogen-bond acceptors (Lipinski definition) is 4. The Morgan fingerprint density at radius 3 is 2.55 bits per heavy atom. The van der Waals surface area contributed by atoms with Gasteiger partial charge < -0.3 is 15.7 Å². The quantitative estimate of drug-likeness (QED) is 0.640. The van der Waals surface area contributed by atoms with Gasteiger partial charge in [-0.1, -0.05) is 30.3 Å². The van der Waals surface area contributed by atoms with Crippen LogP contribution in [0.3, 0.4) is 0 Å². The molecule has 29 heavy (non-hydrogen) atoms.